The van der Waals surface area contributed by atoms with E-state index in [4.69, 9.17) is 0 Å². The van der Waals surface area contributed by atoms with Gasteiger partial charge in [-0.3, -0.25) is 0 Å². The number of nitrogens with one attached hydrogen (secondary N) is 1. The quantitative estimate of drug-likeness (QED) is 0.827. The molecule has 0 saturated carbocycles. The van der Waals surface area contributed by atoms with Crippen LogP contribution in [0.3, 0.4) is 0 Å². The second kappa shape index (κ2) is 6.26. The molecular formula is C12H19BrN2. The smallest absolute Gasteiger partial charge is 0.0208 e. The highest BCUT2D eigenvalue weighted by Crippen LogP contribution is 2.15. The van der Waals surface area contributed by atoms with Crippen molar-refractivity contribution in [1.29, 1.82) is 0 Å². The molecule has 0 aliphatic heterocycles. The van der Waals surface area contributed by atoms with Crippen molar-refractivity contribution in [2.45, 2.75) is 13.5 Å². The van der Waals surface area contributed by atoms with Crippen LogP contribution in [0, 0.1) is 6.92 Å². The Morgan fingerprint density at radius 2 is 2.07 bits per heavy atom. The van der Waals surface area contributed by atoms with Crippen LogP contribution in [-0.2, 0) is 6.54 Å². The van der Waals surface area contributed by atoms with Gasteiger partial charge in [-0.05, 0) is 44.3 Å². The zero-order valence-corrected chi connectivity index (χ0v) is 11.3. The van der Waals surface area contributed by atoms with Gasteiger partial charge >= 0.3 is 0 Å². The molecule has 15 heavy (non-hydrogen) atoms. The number of nitrogens with zero attached hydrogens (tertiary/aromatic N) is 1. The standard InChI is InChI=1S/C12H19BrN2/c1-10-8-12(13)5-4-11(10)9-14-6-7-15(2)3/h4-5,8,14H,6-7,9H2,1-3H3. The first-order chi connectivity index (χ1) is 7.09. The molecular weight excluding hydrogens is 252 g/mol. The topological polar surface area (TPSA) is 15.3 Å². The molecule has 0 aliphatic carbocycles. The Kier molecular flexibility index (Phi) is 5.29. The summed E-state index contributed by atoms with van der Waals surface area (Å²) >= 11 is 3.47. The third kappa shape index (κ3) is 4.78. The summed E-state index contributed by atoms with van der Waals surface area (Å²) < 4.78 is 1.15. The number of hydrogen-bond acceptors (Lipinski definition) is 2. The van der Waals surface area contributed by atoms with Gasteiger partial charge < -0.3 is 10.2 Å². The minimum absolute atomic E-state index is 0.951. The van der Waals surface area contributed by atoms with Gasteiger partial charge in [0.2, 0.25) is 0 Å². The van der Waals surface area contributed by atoms with E-state index >= 15 is 0 Å². The molecule has 0 amide bonds. The molecule has 2 nitrogen and oxygen atoms in total. The Morgan fingerprint density at radius 3 is 2.67 bits per heavy atom. The van der Waals surface area contributed by atoms with Crippen molar-refractivity contribution in [2.75, 3.05) is 27.2 Å². The van der Waals surface area contributed by atoms with Gasteiger partial charge in [-0.1, -0.05) is 22.0 Å². The number of benzene rings is 1. The van der Waals surface area contributed by atoms with E-state index in [1.807, 2.05) is 0 Å². The third-order valence-corrected chi connectivity index (χ3v) is 2.85. The van der Waals surface area contributed by atoms with Crippen LogP contribution < -0.4 is 5.32 Å². The molecule has 1 aromatic rings. The van der Waals surface area contributed by atoms with E-state index in [2.05, 4.69) is 65.4 Å². The second-order valence-electron chi connectivity index (χ2n) is 4.05. The lowest BCUT2D eigenvalue weighted by molar-refractivity contribution is 0.400. The summed E-state index contributed by atoms with van der Waals surface area (Å²) in [6, 6.07) is 6.42. The molecule has 0 bridgehead atoms. The Morgan fingerprint density at radius 1 is 1.33 bits per heavy atom. The first-order valence-corrected chi connectivity index (χ1v) is 5.99. The van der Waals surface area contributed by atoms with Crippen LogP contribution in [-0.4, -0.2) is 32.1 Å². The monoisotopic (exact) mass is 270 g/mol. The van der Waals surface area contributed by atoms with Gasteiger partial charge in [-0.15, -0.1) is 0 Å². The maximum absolute atomic E-state index is 3.47. The van der Waals surface area contributed by atoms with Crippen LogP contribution in [0.25, 0.3) is 0 Å². The first-order valence-electron chi connectivity index (χ1n) is 5.20. The fraction of sp³-hybridized carbons (Fsp3) is 0.500. The summed E-state index contributed by atoms with van der Waals surface area (Å²) in [5, 5.41) is 3.44. The molecule has 3 heteroatoms. The lowest BCUT2D eigenvalue weighted by Gasteiger charge is -2.11. The molecule has 0 heterocycles. The molecule has 1 rings (SSSR count). The number of aryl methyl sites for hydroxylation is 1. The highest BCUT2D eigenvalue weighted by atomic mass is 79.9. The number of rotatable bonds is 5. The largest absolute Gasteiger partial charge is 0.311 e. The maximum Gasteiger partial charge on any atom is 0.0208 e. The predicted molar refractivity (Wildman–Crippen MR) is 69.1 cm³/mol. The van der Waals surface area contributed by atoms with E-state index in [1.165, 1.54) is 11.1 Å². The summed E-state index contributed by atoms with van der Waals surface area (Å²) in [6.45, 7) is 5.21. The zero-order chi connectivity index (χ0) is 11.3. The number of likely N-dealkylation sites (N-methyl/N-ethyl adjacent to an activating group) is 1. The average molecular weight is 271 g/mol. The van der Waals surface area contributed by atoms with Gasteiger partial charge in [0.25, 0.3) is 0 Å². The van der Waals surface area contributed by atoms with Crippen molar-refractivity contribution < 1.29 is 0 Å². The Balaban J connectivity index is 2.37. The summed E-state index contributed by atoms with van der Waals surface area (Å²) in [4.78, 5) is 2.18. The van der Waals surface area contributed by atoms with E-state index in [0.717, 1.165) is 24.1 Å². The van der Waals surface area contributed by atoms with Crippen LogP contribution in [0.2, 0.25) is 0 Å². The van der Waals surface area contributed by atoms with Crippen molar-refractivity contribution in [3.05, 3.63) is 33.8 Å². The third-order valence-electron chi connectivity index (χ3n) is 2.36. The minimum Gasteiger partial charge on any atom is -0.311 e. The van der Waals surface area contributed by atoms with Crippen molar-refractivity contribution in [3.63, 3.8) is 0 Å². The summed E-state index contributed by atoms with van der Waals surface area (Å²) in [7, 11) is 4.18. The van der Waals surface area contributed by atoms with E-state index in [-0.39, 0.29) is 0 Å². The van der Waals surface area contributed by atoms with Gasteiger partial charge in [0.15, 0.2) is 0 Å². The van der Waals surface area contributed by atoms with Gasteiger partial charge in [-0.25, -0.2) is 0 Å². The highest BCUT2D eigenvalue weighted by Gasteiger charge is 1.98. The molecule has 0 fully saturated rings. The molecule has 0 aromatic heterocycles. The van der Waals surface area contributed by atoms with Crippen LogP contribution >= 0.6 is 15.9 Å². The molecule has 0 saturated heterocycles. The van der Waals surface area contributed by atoms with Gasteiger partial charge in [0, 0.05) is 24.1 Å². The predicted octanol–water partition coefficient (Wildman–Crippen LogP) is 2.41. The molecule has 1 N–H and O–H groups in total. The second-order valence-corrected chi connectivity index (χ2v) is 4.97. The Labute approximate surface area is 101 Å². The molecule has 84 valence electrons. The van der Waals surface area contributed by atoms with Gasteiger partial charge in [0.05, 0.1) is 0 Å². The normalized spacial score (nSPS) is 11.0. The highest BCUT2D eigenvalue weighted by molar-refractivity contribution is 9.10. The molecule has 0 aliphatic rings. The summed E-state index contributed by atoms with van der Waals surface area (Å²) in [5.41, 5.74) is 2.71. The first kappa shape index (κ1) is 12.7. The lowest BCUT2D eigenvalue weighted by atomic mass is 10.1. The van der Waals surface area contributed by atoms with E-state index in [1.54, 1.807) is 0 Å². The van der Waals surface area contributed by atoms with Crippen LogP contribution in [0.4, 0.5) is 0 Å². The molecule has 0 spiro atoms. The summed E-state index contributed by atoms with van der Waals surface area (Å²) in [5.74, 6) is 0. The van der Waals surface area contributed by atoms with E-state index in [9.17, 15) is 0 Å². The van der Waals surface area contributed by atoms with Crippen LogP contribution in [0.5, 0.6) is 0 Å². The van der Waals surface area contributed by atoms with Crippen molar-refractivity contribution in [3.8, 4) is 0 Å². The number of halogens is 1. The van der Waals surface area contributed by atoms with Crippen LogP contribution in [0.15, 0.2) is 22.7 Å². The number of hydrogen-bond donors (Lipinski definition) is 1. The Hall–Kier alpha value is -0.380. The fourth-order valence-electron chi connectivity index (χ4n) is 1.38. The van der Waals surface area contributed by atoms with E-state index < -0.39 is 0 Å². The van der Waals surface area contributed by atoms with Crippen molar-refractivity contribution in [2.24, 2.45) is 0 Å². The van der Waals surface area contributed by atoms with Crippen molar-refractivity contribution >= 4 is 15.9 Å². The average Bonchev–Trinajstić information content (AvgIpc) is 2.14. The zero-order valence-electron chi connectivity index (χ0n) is 9.68. The molecule has 0 unspecified atom stereocenters. The maximum atomic E-state index is 3.47. The summed E-state index contributed by atoms with van der Waals surface area (Å²) in [6.07, 6.45) is 0. The molecule has 0 atom stereocenters. The van der Waals surface area contributed by atoms with Gasteiger partial charge in [-0.2, -0.15) is 0 Å². The SMILES string of the molecule is Cc1cc(Br)ccc1CNCCN(C)C. The minimum atomic E-state index is 0.951. The molecule has 0 radical (unpaired) electrons. The van der Waals surface area contributed by atoms with Crippen LogP contribution in [0.1, 0.15) is 11.1 Å². The Bertz CT molecular complexity index is 310. The van der Waals surface area contributed by atoms with E-state index in [0.29, 0.717) is 0 Å². The van der Waals surface area contributed by atoms with Crippen molar-refractivity contribution in [1.82, 2.24) is 10.2 Å². The van der Waals surface area contributed by atoms with Gasteiger partial charge in [0.1, 0.15) is 0 Å². The fourth-order valence-corrected chi connectivity index (χ4v) is 1.86. The lowest BCUT2D eigenvalue weighted by Crippen LogP contribution is -2.26. The molecule has 1 aromatic carbocycles.